The van der Waals surface area contributed by atoms with Crippen LogP contribution in [0, 0.1) is 6.07 Å². The third-order valence-electron chi connectivity index (χ3n) is 6.12. The molecule has 0 fully saturated rings. The number of carbonyl (C=O) groups excluding carboxylic acids is 1. The van der Waals surface area contributed by atoms with Gasteiger partial charge in [-0.2, -0.15) is 0 Å². The van der Waals surface area contributed by atoms with Crippen molar-refractivity contribution in [3.63, 3.8) is 0 Å². The first-order valence-corrected chi connectivity index (χ1v) is 11.8. The number of ketones is 1. The fourth-order valence-corrected chi connectivity index (χ4v) is 4.11. The van der Waals surface area contributed by atoms with E-state index in [0.717, 1.165) is 22.3 Å². The number of carbonyl (C=O) groups is 1. The second-order valence-electron chi connectivity index (χ2n) is 10.4. The molecule has 2 rings (SSSR count). The molecule has 0 N–H and O–H groups in total. The predicted octanol–water partition coefficient (Wildman–Crippen LogP) is 9.00. The van der Waals surface area contributed by atoms with E-state index in [1.54, 1.807) is 0 Å². The zero-order valence-electron chi connectivity index (χ0n) is 21.1. The zero-order valence-corrected chi connectivity index (χ0v) is 21.1. The molecule has 2 heteroatoms. The molecule has 169 valence electrons. The molecule has 0 heterocycles. The highest BCUT2D eigenvalue weighted by molar-refractivity contribution is 6.01. The Balaban J connectivity index is 2.68. The van der Waals surface area contributed by atoms with Crippen molar-refractivity contribution in [2.24, 2.45) is 0 Å². The summed E-state index contributed by atoms with van der Waals surface area (Å²) in [7, 11) is 0. The van der Waals surface area contributed by atoms with E-state index in [1.165, 1.54) is 5.56 Å². The van der Waals surface area contributed by atoms with E-state index in [0.29, 0.717) is 23.0 Å². The van der Waals surface area contributed by atoms with Gasteiger partial charge in [-0.05, 0) is 63.5 Å². The van der Waals surface area contributed by atoms with Crippen LogP contribution in [0.1, 0.15) is 149 Å². The summed E-state index contributed by atoms with van der Waals surface area (Å²) in [5, 5.41) is 0. The molecule has 1 radical (unpaired) electrons. The van der Waals surface area contributed by atoms with Gasteiger partial charge < -0.3 is 0 Å². The Hall–Kier alpha value is -1.96. The Morgan fingerprint density at radius 2 is 1.26 bits per heavy atom. The number of halogens is 1. The first-order valence-electron chi connectivity index (χ1n) is 11.8. The molecule has 0 aliphatic carbocycles. The van der Waals surface area contributed by atoms with Crippen molar-refractivity contribution in [2.75, 3.05) is 0 Å². The van der Waals surface area contributed by atoms with Crippen molar-refractivity contribution in [2.45, 2.75) is 105 Å². The highest BCUT2D eigenvalue weighted by Gasteiger charge is 2.31. The average molecular weight is 424 g/mol. The van der Waals surface area contributed by atoms with Gasteiger partial charge in [-0.25, -0.2) is 4.39 Å². The summed E-state index contributed by atoms with van der Waals surface area (Å²) in [5.74, 6) is 0.585. The molecule has 0 saturated heterocycles. The van der Waals surface area contributed by atoms with Gasteiger partial charge in [0.15, 0.2) is 6.17 Å². The molecular weight excluding hydrogens is 383 g/mol. The van der Waals surface area contributed by atoms with Gasteiger partial charge in [-0.1, -0.05) is 93.5 Å². The first-order chi connectivity index (χ1) is 14.4. The van der Waals surface area contributed by atoms with Crippen LogP contribution < -0.4 is 0 Å². The van der Waals surface area contributed by atoms with Crippen molar-refractivity contribution in [1.82, 2.24) is 0 Å². The maximum atomic E-state index is 16.1. The largest absolute Gasteiger partial charge is 0.290 e. The maximum absolute atomic E-state index is 16.1. The van der Waals surface area contributed by atoms with Crippen LogP contribution in [0.15, 0.2) is 24.3 Å². The summed E-state index contributed by atoms with van der Waals surface area (Å²) in [5.41, 5.74) is 6.01. The topological polar surface area (TPSA) is 17.1 Å². The SMILES string of the molecule is CC(C)c1[c]c(C(C)C)c(C(=O)C(F)c2c(C(C)C)cc(C(C)C)cc2C(C)C)cc1. The lowest BCUT2D eigenvalue weighted by Gasteiger charge is -2.25. The van der Waals surface area contributed by atoms with E-state index in [4.69, 9.17) is 0 Å². The van der Waals surface area contributed by atoms with Crippen molar-refractivity contribution in [1.29, 1.82) is 0 Å². The lowest BCUT2D eigenvalue weighted by atomic mass is 9.80. The van der Waals surface area contributed by atoms with E-state index >= 15 is 4.39 Å². The van der Waals surface area contributed by atoms with Crippen LogP contribution in [0.4, 0.5) is 4.39 Å². The van der Waals surface area contributed by atoms with Gasteiger partial charge in [-0.3, -0.25) is 4.79 Å². The molecule has 1 nitrogen and oxygen atoms in total. The molecule has 0 bridgehead atoms. The quantitative estimate of drug-likeness (QED) is 0.387. The van der Waals surface area contributed by atoms with Crippen LogP contribution in [-0.4, -0.2) is 5.78 Å². The highest BCUT2D eigenvalue weighted by atomic mass is 19.1. The Labute approximate surface area is 189 Å². The fourth-order valence-electron chi connectivity index (χ4n) is 4.11. The van der Waals surface area contributed by atoms with Crippen LogP contribution >= 0.6 is 0 Å². The van der Waals surface area contributed by atoms with E-state index in [2.05, 4.69) is 73.6 Å². The molecule has 0 spiro atoms. The second-order valence-corrected chi connectivity index (χ2v) is 10.4. The van der Waals surface area contributed by atoms with Crippen molar-refractivity contribution < 1.29 is 9.18 Å². The van der Waals surface area contributed by atoms with Gasteiger partial charge >= 0.3 is 0 Å². The van der Waals surface area contributed by atoms with E-state index in [9.17, 15) is 4.79 Å². The molecule has 0 amide bonds. The fraction of sp³-hybridized carbons (Fsp3) is 0.552. The molecule has 1 atom stereocenters. The van der Waals surface area contributed by atoms with Gasteiger partial charge in [0, 0.05) is 11.1 Å². The third kappa shape index (κ3) is 5.45. The minimum absolute atomic E-state index is 0.0994. The molecule has 0 aromatic heterocycles. The number of alkyl halides is 1. The third-order valence-corrected chi connectivity index (χ3v) is 6.12. The second kappa shape index (κ2) is 10.1. The van der Waals surface area contributed by atoms with E-state index in [1.807, 2.05) is 26.0 Å². The minimum atomic E-state index is -1.67. The van der Waals surface area contributed by atoms with Crippen LogP contribution in [0.25, 0.3) is 0 Å². The molecule has 0 aliphatic heterocycles. The Morgan fingerprint density at radius 1 is 0.742 bits per heavy atom. The smallest absolute Gasteiger partial charge is 0.201 e. The standard InChI is InChI=1S/C29H40FO/c1-16(2)21-11-12-23(24(13-21)18(5)6)29(31)28(30)27-25(19(7)8)14-22(17(3)4)15-26(27)20(9)10/h11-12,14-20,28H,1-10H3. The summed E-state index contributed by atoms with van der Waals surface area (Å²) < 4.78 is 16.1. The normalized spacial score (nSPS) is 13.2. The molecule has 2 aromatic carbocycles. The molecule has 2 aromatic rings. The number of rotatable bonds is 8. The monoisotopic (exact) mass is 423 g/mol. The summed E-state index contributed by atoms with van der Waals surface area (Å²) >= 11 is 0. The Bertz CT molecular complexity index is 889. The van der Waals surface area contributed by atoms with Gasteiger partial charge in [0.25, 0.3) is 0 Å². The number of hydrogen-bond acceptors (Lipinski definition) is 1. The number of Topliss-reactive ketones (excluding diaryl/α,β-unsaturated/α-hetero) is 1. The lowest BCUT2D eigenvalue weighted by molar-refractivity contribution is 0.0874. The molecule has 0 saturated carbocycles. The predicted molar refractivity (Wildman–Crippen MR) is 130 cm³/mol. The Morgan fingerprint density at radius 3 is 1.65 bits per heavy atom. The van der Waals surface area contributed by atoms with Gasteiger partial charge in [-0.15, -0.1) is 0 Å². The minimum Gasteiger partial charge on any atom is -0.290 e. The summed E-state index contributed by atoms with van der Waals surface area (Å²) in [6.45, 7) is 20.9. The molecule has 1 unspecified atom stereocenters. The zero-order chi connectivity index (χ0) is 23.6. The van der Waals surface area contributed by atoms with E-state index in [-0.39, 0.29) is 17.8 Å². The number of benzene rings is 2. The lowest BCUT2D eigenvalue weighted by Crippen LogP contribution is -2.17. The Kier molecular flexibility index (Phi) is 8.25. The van der Waals surface area contributed by atoms with Gasteiger partial charge in [0.2, 0.25) is 5.78 Å². The summed E-state index contributed by atoms with van der Waals surface area (Å²) in [6, 6.07) is 11.4. The van der Waals surface area contributed by atoms with Crippen LogP contribution in [0.5, 0.6) is 0 Å². The average Bonchev–Trinajstić information content (AvgIpc) is 2.70. The van der Waals surface area contributed by atoms with Crippen LogP contribution in [-0.2, 0) is 0 Å². The van der Waals surface area contributed by atoms with E-state index < -0.39 is 12.0 Å². The van der Waals surface area contributed by atoms with Crippen molar-refractivity contribution >= 4 is 5.78 Å². The van der Waals surface area contributed by atoms with Crippen molar-refractivity contribution in [3.05, 3.63) is 69.3 Å². The summed E-state index contributed by atoms with van der Waals surface area (Å²) in [6.07, 6.45) is -1.67. The van der Waals surface area contributed by atoms with Crippen molar-refractivity contribution in [3.8, 4) is 0 Å². The van der Waals surface area contributed by atoms with Crippen LogP contribution in [0.2, 0.25) is 0 Å². The van der Waals surface area contributed by atoms with Gasteiger partial charge in [0.05, 0.1) is 0 Å². The molecule has 0 aliphatic rings. The van der Waals surface area contributed by atoms with Gasteiger partial charge in [0.1, 0.15) is 0 Å². The van der Waals surface area contributed by atoms with Crippen LogP contribution in [0.3, 0.4) is 0 Å². The summed E-state index contributed by atoms with van der Waals surface area (Å²) in [4.78, 5) is 13.5. The highest BCUT2D eigenvalue weighted by Crippen LogP contribution is 2.39. The molecule has 31 heavy (non-hydrogen) atoms. The number of hydrogen-bond donors (Lipinski definition) is 0. The maximum Gasteiger partial charge on any atom is 0.201 e. The first kappa shape index (κ1) is 25.3. The molecular formula is C29H40FO.